The van der Waals surface area contributed by atoms with E-state index in [1.165, 1.54) is 19.3 Å². The van der Waals surface area contributed by atoms with Gasteiger partial charge >= 0.3 is 0 Å². The van der Waals surface area contributed by atoms with E-state index in [-0.39, 0.29) is 30.0 Å². The number of hydrogen-bond donors (Lipinski definition) is 2. The van der Waals surface area contributed by atoms with Crippen LogP contribution in [-0.2, 0) is 19.4 Å². The van der Waals surface area contributed by atoms with E-state index in [9.17, 15) is 0 Å². The molecule has 3 heterocycles. The van der Waals surface area contributed by atoms with E-state index in [2.05, 4.69) is 31.1 Å². The number of rotatable bonds is 5. The molecule has 2 aliphatic heterocycles. The van der Waals surface area contributed by atoms with Crippen molar-refractivity contribution in [1.29, 1.82) is 0 Å². The number of halogens is 1. The molecule has 1 atom stereocenters. The summed E-state index contributed by atoms with van der Waals surface area (Å²) in [5.41, 5.74) is 7.26. The Bertz CT molecular complexity index is 806. The summed E-state index contributed by atoms with van der Waals surface area (Å²) in [5, 5.41) is 12.1. The molecule has 4 rings (SSSR count). The molecule has 2 aromatic rings. The first-order valence-electron chi connectivity index (χ1n) is 10.0. The summed E-state index contributed by atoms with van der Waals surface area (Å²) in [4.78, 5) is 4.51. The van der Waals surface area contributed by atoms with Gasteiger partial charge in [0.25, 0.3) is 0 Å². The number of aryl methyl sites for hydroxylation is 2. The molecule has 8 heteroatoms. The number of benzene rings is 1. The lowest BCUT2D eigenvalue weighted by Gasteiger charge is -2.26. The SMILES string of the molecule is I.NC(=NCCCc1nnc2n1CCCCC2)NC1CCOc2ccccc21. The van der Waals surface area contributed by atoms with Crippen molar-refractivity contribution < 1.29 is 4.74 Å². The molecule has 0 amide bonds. The van der Waals surface area contributed by atoms with Crippen molar-refractivity contribution in [3.8, 4) is 5.75 Å². The van der Waals surface area contributed by atoms with Gasteiger partial charge in [-0.1, -0.05) is 24.6 Å². The average molecular weight is 496 g/mol. The van der Waals surface area contributed by atoms with Crippen molar-refractivity contribution in [3.05, 3.63) is 41.5 Å². The fraction of sp³-hybridized carbons (Fsp3) is 0.550. The quantitative estimate of drug-likeness (QED) is 0.288. The lowest BCUT2D eigenvalue weighted by atomic mass is 10.0. The van der Waals surface area contributed by atoms with Crippen LogP contribution in [-0.4, -0.2) is 33.9 Å². The molecule has 0 saturated carbocycles. The third kappa shape index (κ3) is 4.95. The Kier molecular flexibility index (Phi) is 7.52. The monoisotopic (exact) mass is 496 g/mol. The number of aromatic nitrogens is 3. The molecule has 1 aromatic carbocycles. The lowest BCUT2D eigenvalue weighted by Crippen LogP contribution is -2.37. The van der Waals surface area contributed by atoms with Crippen LogP contribution in [0.15, 0.2) is 29.3 Å². The minimum atomic E-state index is 0. The molecule has 28 heavy (non-hydrogen) atoms. The first-order valence-corrected chi connectivity index (χ1v) is 10.0. The second kappa shape index (κ2) is 10.1. The lowest BCUT2D eigenvalue weighted by molar-refractivity contribution is 0.262. The van der Waals surface area contributed by atoms with Gasteiger partial charge in [-0.15, -0.1) is 34.2 Å². The number of para-hydroxylation sites is 1. The number of guanidine groups is 1. The van der Waals surface area contributed by atoms with Crippen molar-refractivity contribution in [1.82, 2.24) is 20.1 Å². The number of fused-ring (bicyclic) bond motifs is 2. The molecular formula is C20H29IN6O. The van der Waals surface area contributed by atoms with E-state index in [0.717, 1.165) is 55.2 Å². The summed E-state index contributed by atoms with van der Waals surface area (Å²) < 4.78 is 8.00. The number of nitrogens with one attached hydrogen (secondary N) is 1. The second-order valence-electron chi connectivity index (χ2n) is 7.24. The van der Waals surface area contributed by atoms with Gasteiger partial charge in [-0.05, 0) is 25.3 Å². The van der Waals surface area contributed by atoms with Crippen molar-refractivity contribution in [2.24, 2.45) is 10.7 Å². The Balaban J connectivity index is 0.00000225. The van der Waals surface area contributed by atoms with Crippen molar-refractivity contribution in [2.75, 3.05) is 13.2 Å². The first kappa shape index (κ1) is 20.9. The van der Waals surface area contributed by atoms with Gasteiger partial charge in [0.15, 0.2) is 5.96 Å². The summed E-state index contributed by atoms with van der Waals surface area (Å²) >= 11 is 0. The topological polar surface area (TPSA) is 90.4 Å². The van der Waals surface area contributed by atoms with E-state index in [0.29, 0.717) is 19.1 Å². The van der Waals surface area contributed by atoms with Crippen molar-refractivity contribution in [2.45, 2.75) is 57.5 Å². The summed E-state index contributed by atoms with van der Waals surface area (Å²) in [5.74, 6) is 3.66. The molecule has 0 spiro atoms. The van der Waals surface area contributed by atoms with E-state index < -0.39 is 0 Å². The van der Waals surface area contributed by atoms with Gasteiger partial charge in [-0.2, -0.15) is 0 Å². The Hall–Kier alpha value is -1.84. The smallest absolute Gasteiger partial charge is 0.189 e. The van der Waals surface area contributed by atoms with E-state index in [4.69, 9.17) is 10.5 Å². The van der Waals surface area contributed by atoms with Gasteiger partial charge < -0.3 is 20.4 Å². The summed E-state index contributed by atoms with van der Waals surface area (Å²) in [6.07, 6.45) is 7.48. The summed E-state index contributed by atoms with van der Waals surface area (Å²) in [6.45, 7) is 2.43. The molecule has 152 valence electrons. The van der Waals surface area contributed by atoms with Crippen LogP contribution in [0.3, 0.4) is 0 Å². The van der Waals surface area contributed by atoms with Crippen LogP contribution in [0.1, 0.15) is 55.4 Å². The highest BCUT2D eigenvalue weighted by Gasteiger charge is 2.21. The van der Waals surface area contributed by atoms with Crippen LogP contribution in [0.4, 0.5) is 0 Å². The predicted molar refractivity (Wildman–Crippen MR) is 120 cm³/mol. The van der Waals surface area contributed by atoms with E-state index in [1.807, 2.05) is 18.2 Å². The molecule has 3 N–H and O–H groups in total. The minimum Gasteiger partial charge on any atom is -0.493 e. The standard InChI is InChI=1S/C20H28N6O.HI/c21-20(23-16-11-14-27-17-8-4-3-7-15(16)17)22-12-6-10-19-25-24-18-9-2-1-5-13-26(18)19;/h3-4,7-8,16H,1-2,5-6,9-14H2,(H3,21,22,23);1H. The van der Waals surface area contributed by atoms with Gasteiger partial charge in [0.05, 0.1) is 12.6 Å². The van der Waals surface area contributed by atoms with Gasteiger partial charge in [0.1, 0.15) is 17.4 Å². The predicted octanol–water partition coefficient (Wildman–Crippen LogP) is 2.98. The Morgan fingerprint density at radius 1 is 1.25 bits per heavy atom. The number of aliphatic imine (C=N–C) groups is 1. The maximum Gasteiger partial charge on any atom is 0.189 e. The van der Waals surface area contributed by atoms with Gasteiger partial charge in [0, 0.05) is 37.9 Å². The molecule has 0 aliphatic carbocycles. The average Bonchev–Trinajstić information content (AvgIpc) is 2.92. The Labute approximate surface area is 183 Å². The zero-order chi connectivity index (χ0) is 18.5. The summed E-state index contributed by atoms with van der Waals surface area (Å²) in [6, 6.07) is 8.25. The normalized spacial score (nSPS) is 18.9. The molecule has 2 aliphatic rings. The van der Waals surface area contributed by atoms with Gasteiger partial charge in [0.2, 0.25) is 0 Å². The van der Waals surface area contributed by atoms with E-state index in [1.54, 1.807) is 0 Å². The van der Waals surface area contributed by atoms with Gasteiger partial charge in [-0.25, -0.2) is 0 Å². The number of nitrogens with two attached hydrogens (primary N) is 1. The molecule has 0 fully saturated rings. The molecule has 0 bridgehead atoms. The third-order valence-electron chi connectivity index (χ3n) is 5.31. The van der Waals surface area contributed by atoms with Crippen LogP contribution in [0.25, 0.3) is 0 Å². The van der Waals surface area contributed by atoms with E-state index >= 15 is 0 Å². The number of ether oxygens (including phenoxy) is 1. The highest BCUT2D eigenvalue weighted by Crippen LogP contribution is 2.31. The maximum absolute atomic E-state index is 6.12. The molecular weight excluding hydrogens is 467 g/mol. The minimum absolute atomic E-state index is 0. The number of nitrogens with zero attached hydrogens (tertiary/aromatic N) is 4. The molecule has 0 saturated heterocycles. The molecule has 1 unspecified atom stereocenters. The van der Waals surface area contributed by atoms with Crippen LogP contribution < -0.4 is 15.8 Å². The second-order valence-corrected chi connectivity index (χ2v) is 7.24. The molecule has 0 radical (unpaired) electrons. The fourth-order valence-corrected chi connectivity index (χ4v) is 3.88. The van der Waals surface area contributed by atoms with Crippen LogP contribution in [0, 0.1) is 0 Å². The molecule has 1 aromatic heterocycles. The Morgan fingerprint density at radius 2 is 2.14 bits per heavy atom. The number of hydrogen-bond acceptors (Lipinski definition) is 4. The van der Waals surface area contributed by atoms with Crippen molar-refractivity contribution in [3.63, 3.8) is 0 Å². The largest absolute Gasteiger partial charge is 0.493 e. The van der Waals surface area contributed by atoms with Crippen LogP contribution >= 0.6 is 24.0 Å². The summed E-state index contributed by atoms with van der Waals surface area (Å²) in [7, 11) is 0. The van der Waals surface area contributed by atoms with Gasteiger partial charge in [-0.3, -0.25) is 4.99 Å². The third-order valence-corrected chi connectivity index (χ3v) is 5.31. The van der Waals surface area contributed by atoms with Crippen LogP contribution in [0.2, 0.25) is 0 Å². The highest BCUT2D eigenvalue weighted by atomic mass is 127. The first-order chi connectivity index (χ1) is 13.3. The zero-order valence-electron chi connectivity index (χ0n) is 16.1. The zero-order valence-corrected chi connectivity index (χ0v) is 18.5. The fourth-order valence-electron chi connectivity index (χ4n) is 3.88. The molecule has 7 nitrogen and oxygen atoms in total. The van der Waals surface area contributed by atoms with Crippen molar-refractivity contribution >= 4 is 29.9 Å². The maximum atomic E-state index is 6.12. The Morgan fingerprint density at radius 3 is 3.07 bits per heavy atom. The van der Waals surface area contributed by atoms with Crippen LogP contribution in [0.5, 0.6) is 5.75 Å². The highest BCUT2D eigenvalue weighted by molar-refractivity contribution is 14.0.